The van der Waals surface area contributed by atoms with Crippen LogP contribution >= 0.6 is 0 Å². The van der Waals surface area contributed by atoms with Crippen molar-refractivity contribution >= 4 is 5.78 Å². The highest BCUT2D eigenvalue weighted by molar-refractivity contribution is 6.03. The number of hydrogen-bond donors (Lipinski definition) is 3. The third-order valence-corrected chi connectivity index (χ3v) is 7.23. The van der Waals surface area contributed by atoms with E-state index >= 15 is 0 Å². The number of ketones is 1. The van der Waals surface area contributed by atoms with Crippen molar-refractivity contribution in [1.82, 2.24) is 0 Å². The Labute approximate surface area is 149 Å². The molecule has 3 rings (SSSR count). The van der Waals surface area contributed by atoms with Crippen LogP contribution in [0.25, 0.3) is 0 Å². The summed E-state index contributed by atoms with van der Waals surface area (Å²) in [6.45, 7) is 11.3. The maximum Gasteiger partial charge on any atom is 0.193 e. The van der Waals surface area contributed by atoms with Gasteiger partial charge in [-0.25, -0.2) is 0 Å². The molecule has 2 fully saturated rings. The van der Waals surface area contributed by atoms with E-state index in [-0.39, 0.29) is 17.3 Å². The first kappa shape index (κ1) is 18.8. The Morgan fingerprint density at radius 3 is 2.52 bits per heavy atom. The third kappa shape index (κ3) is 2.72. The first-order valence-electron chi connectivity index (χ1n) is 9.14. The van der Waals surface area contributed by atoms with E-state index in [1.54, 1.807) is 6.92 Å². The van der Waals surface area contributed by atoms with Crippen LogP contribution in [-0.4, -0.2) is 50.6 Å². The number of epoxide rings is 1. The number of carbonyl (C=O) groups excluding carboxylic acids is 1. The lowest BCUT2D eigenvalue weighted by Crippen LogP contribution is -2.57. The molecule has 0 aromatic rings. The summed E-state index contributed by atoms with van der Waals surface area (Å²) in [5, 5.41) is 32.3. The van der Waals surface area contributed by atoms with Gasteiger partial charge in [0.05, 0.1) is 17.8 Å². The fourth-order valence-electron chi connectivity index (χ4n) is 4.51. The fraction of sp³-hybridized carbons (Fsp3) is 0.750. The first-order chi connectivity index (χ1) is 11.4. The highest BCUT2D eigenvalue weighted by Gasteiger charge is 2.62. The van der Waals surface area contributed by atoms with Gasteiger partial charge in [0, 0.05) is 11.0 Å². The van der Waals surface area contributed by atoms with Crippen LogP contribution in [0.3, 0.4) is 0 Å². The Hall–Kier alpha value is -1.01. The van der Waals surface area contributed by atoms with Crippen LogP contribution in [0.2, 0.25) is 0 Å². The van der Waals surface area contributed by atoms with Gasteiger partial charge in [-0.1, -0.05) is 20.4 Å². The minimum Gasteiger partial charge on any atom is -0.389 e. The lowest BCUT2D eigenvalue weighted by atomic mass is 9.55. The van der Waals surface area contributed by atoms with Gasteiger partial charge in [-0.3, -0.25) is 4.79 Å². The van der Waals surface area contributed by atoms with Crippen molar-refractivity contribution in [2.45, 2.75) is 82.9 Å². The Morgan fingerprint density at radius 2 is 1.88 bits per heavy atom. The van der Waals surface area contributed by atoms with Crippen molar-refractivity contribution in [3.05, 3.63) is 23.8 Å². The predicted octanol–water partition coefficient (Wildman–Crippen LogP) is 1.90. The normalized spacial score (nSPS) is 51.1. The molecular formula is C20H30O5. The first-order valence-corrected chi connectivity index (χ1v) is 9.14. The van der Waals surface area contributed by atoms with Gasteiger partial charge in [-0.15, -0.1) is 0 Å². The minimum atomic E-state index is -1.39. The molecule has 0 radical (unpaired) electrons. The van der Waals surface area contributed by atoms with Gasteiger partial charge in [-0.05, 0) is 57.1 Å². The largest absolute Gasteiger partial charge is 0.389 e. The number of ether oxygens (including phenoxy) is 1. The zero-order chi connectivity index (χ0) is 18.8. The number of carbonyl (C=O) groups is 1. The van der Waals surface area contributed by atoms with Crippen LogP contribution in [0.4, 0.5) is 0 Å². The molecule has 140 valence electrons. The smallest absolute Gasteiger partial charge is 0.193 e. The minimum absolute atomic E-state index is 0.238. The van der Waals surface area contributed by atoms with E-state index in [1.807, 2.05) is 20.8 Å². The summed E-state index contributed by atoms with van der Waals surface area (Å²) < 4.78 is 5.67. The summed E-state index contributed by atoms with van der Waals surface area (Å²) in [7, 11) is 0. The van der Waals surface area contributed by atoms with Crippen molar-refractivity contribution in [3.8, 4) is 0 Å². The molecule has 0 amide bonds. The number of Topliss-reactive ketones (excluding diaryl/α,β-unsaturated/α-hetero) is 1. The molecular weight excluding hydrogens is 320 g/mol. The molecule has 0 aromatic heterocycles. The molecule has 2 aliphatic carbocycles. The van der Waals surface area contributed by atoms with Crippen LogP contribution in [0.15, 0.2) is 23.8 Å². The van der Waals surface area contributed by atoms with E-state index in [0.29, 0.717) is 25.7 Å². The zero-order valence-corrected chi connectivity index (χ0v) is 15.6. The number of rotatable bonds is 0. The number of aliphatic hydroxyl groups excluding tert-OH is 2. The number of hydrogen-bond acceptors (Lipinski definition) is 5. The van der Waals surface area contributed by atoms with Crippen molar-refractivity contribution in [2.75, 3.05) is 0 Å². The van der Waals surface area contributed by atoms with E-state index in [0.717, 1.165) is 5.57 Å². The van der Waals surface area contributed by atoms with Gasteiger partial charge in [0.2, 0.25) is 0 Å². The lowest BCUT2D eigenvalue weighted by Gasteiger charge is -2.52. The number of aliphatic hydroxyl groups is 3. The van der Waals surface area contributed by atoms with Crippen molar-refractivity contribution in [3.63, 3.8) is 0 Å². The summed E-state index contributed by atoms with van der Waals surface area (Å²) in [4.78, 5) is 13.0. The van der Waals surface area contributed by atoms with Gasteiger partial charge in [0.1, 0.15) is 11.7 Å². The van der Waals surface area contributed by atoms with E-state index in [2.05, 4.69) is 6.58 Å². The molecule has 0 aromatic carbocycles. The molecule has 1 saturated carbocycles. The average Bonchev–Trinajstić information content (AvgIpc) is 3.23. The van der Waals surface area contributed by atoms with Crippen LogP contribution in [-0.2, 0) is 9.53 Å². The van der Waals surface area contributed by atoms with E-state index in [4.69, 9.17) is 4.74 Å². The summed E-state index contributed by atoms with van der Waals surface area (Å²) in [6, 6.07) is 0. The topological polar surface area (TPSA) is 90.3 Å². The van der Waals surface area contributed by atoms with Crippen LogP contribution < -0.4 is 0 Å². The van der Waals surface area contributed by atoms with E-state index in [9.17, 15) is 20.1 Å². The Kier molecular flexibility index (Phi) is 4.31. The highest BCUT2D eigenvalue weighted by atomic mass is 16.6. The summed E-state index contributed by atoms with van der Waals surface area (Å²) in [6.07, 6.45) is 1.54. The number of fused-ring (bicyclic) bond motifs is 3. The molecule has 25 heavy (non-hydrogen) atoms. The second-order valence-electron chi connectivity index (χ2n) is 8.74. The molecule has 5 nitrogen and oxygen atoms in total. The molecule has 3 aliphatic rings. The maximum atomic E-state index is 13.0. The Bertz CT molecular complexity index is 636. The molecule has 5 heteroatoms. The van der Waals surface area contributed by atoms with E-state index < -0.39 is 34.9 Å². The lowest BCUT2D eigenvalue weighted by molar-refractivity contribution is -0.131. The Morgan fingerprint density at radius 1 is 1.24 bits per heavy atom. The molecule has 2 bridgehead atoms. The molecule has 1 saturated heterocycles. The van der Waals surface area contributed by atoms with Crippen LogP contribution in [0, 0.1) is 11.3 Å². The van der Waals surface area contributed by atoms with Gasteiger partial charge in [-0.2, -0.15) is 0 Å². The standard InChI is InChI=1S/C20H30O5/c1-11-6-8-18(3)12(2)15(22)10-13(20(18,5)24)16(23)17-19(4,25-17)9-7-14(11)21/h10,12,14-15,17,21-22,24H,1,6-9H2,2-5H3. The van der Waals surface area contributed by atoms with Crippen LogP contribution in [0.1, 0.15) is 53.4 Å². The summed E-state index contributed by atoms with van der Waals surface area (Å²) >= 11 is 0. The molecule has 0 spiro atoms. The summed E-state index contributed by atoms with van der Waals surface area (Å²) in [5.41, 5.74) is -1.76. The molecule has 7 unspecified atom stereocenters. The molecule has 3 N–H and O–H groups in total. The van der Waals surface area contributed by atoms with Crippen molar-refractivity contribution < 1.29 is 24.9 Å². The quantitative estimate of drug-likeness (QED) is 0.458. The Balaban J connectivity index is 2.06. The van der Waals surface area contributed by atoms with Gasteiger partial charge >= 0.3 is 0 Å². The van der Waals surface area contributed by atoms with Crippen molar-refractivity contribution in [1.29, 1.82) is 0 Å². The van der Waals surface area contributed by atoms with Crippen molar-refractivity contribution in [2.24, 2.45) is 11.3 Å². The zero-order valence-electron chi connectivity index (χ0n) is 15.6. The average molecular weight is 350 g/mol. The van der Waals surface area contributed by atoms with Gasteiger partial charge in [0.25, 0.3) is 0 Å². The predicted molar refractivity (Wildman–Crippen MR) is 93.9 cm³/mol. The second-order valence-corrected chi connectivity index (χ2v) is 8.74. The van der Waals surface area contributed by atoms with Gasteiger partial charge < -0.3 is 20.1 Å². The molecule has 7 atom stereocenters. The monoisotopic (exact) mass is 350 g/mol. The van der Waals surface area contributed by atoms with E-state index in [1.165, 1.54) is 6.08 Å². The highest BCUT2D eigenvalue weighted by Crippen LogP contribution is 2.54. The SMILES string of the molecule is C=C1CCC2(C)C(C)C(O)C=C(C(=O)C3OC3(C)CCC1O)C2(C)O. The summed E-state index contributed by atoms with van der Waals surface area (Å²) in [5.74, 6) is -0.489. The third-order valence-electron chi connectivity index (χ3n) is 7.23. The second kappa shape index (κ2) is 5.74. The fourth-order valence-corrected chi connectivity index (χ4v) is 4.51. The van der Waals surface area contributed by atoms with Gasteiger partial charge in [0.15, 0.2) is 5.78 Å². The molecule has 1 aliphatic heterocycles. The molecule has 1 heterocycles. The maximum absolute atomic E-state index is 13.0. The van der Waals surface area contributed by atoms with Crippen LogP contribution in [0.5, 0.6) is 0 Å².